The van der Waals surface area contributed by atoms with Gasteiger partial charge < -0.3 is 10.5 Å². The van der Waals surface area contributed by atoms with Gasteiger partial charge in [0.15, 0.2) is 0 Å². The molecule has 3 aromatic carbocycles. The summed E-state index contributed by atoms with van der Waals surface area (Å²) in [4.78, 5) is 4.44. The van der Waals surface area contributed by atoms with Gasteiger partial charge in [-0.25, -0.2) is 4.98 Å². The molecule has 4 heteroatoms. The summed E-state index contributed by atoms with van der Waals surface area (Å²) in [6.45, 7) is 0. The van der Waals surface area contributed by atoms with Gasteiger partial charge in [0.1, 0.15) is 23.2 Å². The van der Waals surface area contributed by atoms with Gasteiger partial charge in [-0.3, -0.25) is 0 Å². The number of anilines is 1. The van der Waals surface area contributed by atoms with Gasteiger partial charge in [-0.1, -0.05) is 60.7 Å². The first-order chi connectivity index (χ1) is 14.2. The highest BCUT2D eigenvalue weighted by Crippen LogP contribution is 2.33. The molecule has 0 saturated heterocycles. The van der Waals surface area contributed by atoms with Crippen LogP contribution in [0.1, 0.15) is 5.56 Å². The number of pyridine rings is 1. The van der Waals surface area contributed by atoms with Gasteiger partial charge >= 0.3 is 0 Å². The summed E-state index contributed by atoms with van der Waals surface area (Å²) in [7, 11) is 1.65. The van der Waals surface area contributed by atoms with Crippen LogP contribution in [0.4, 0.5) is 5.82 Å². The topological polar surface area (TPSA) is 71.9 Å². The van der Waals surface area contributed by atoms with Crippen molar-refractivity contribution < 1.29 is 4.74 Å². The Morgan fingerprint density at radius 2 is 1.48 bits per heavy atom. The summed E-state index contributed by atoms with van der Waals surface area (Å²) < 4.78 is 5.24. The molecule has 4 rings (SSSR count). The van der Waals surface area contributed by atoms with Crippen LogP contribution in [0, 0.1) is 11.3 Å². The van der Waals surface area contributed by atoms with Crippen LogP contribution in [0.2, 0.25) is 0 Å². The van der Waals surface area contributed by atoms with Gasteiger partial charge in [-0.05, 0) is 41.0 Å². The Bertz CT molecular complexity index is 1190. The molecule has 0 atom stereocenters. The number of ether oxygens (including phenoxy) is 1. The van der Waals surface area contributed by atoms with Gasteiger partial charge in [-0.2, -0.15) is 5.26 Å². The van der Waals surface area contributed by atoms with Crippen LogP contribution >= 0.6 is 0 Å². The normalized spacial score (nSPS) is 10.3. The van der Waals surface area contributed by atoms with Gasteiger partial charge in [0.05, 0.1) is 12.8 Å². The van der Waals surface area contributed by atoms with Crippen molar-refractivity contribution in [1.29, 1.82) is 5.26 Å². The van der Waals surface area contributed by atoms with E-state index < -0.39 is 0 Å². The fourth-order valence-corrected chi connectivity index (χ4v) is 3.32. The lowest BCUT2D eigenvalue weighted by Gasteiger charge is -2.12. The zero-order valence-corrected chi connectivity index (χ0v) is 16.0. The lowest BCUT2D eigenvalue weighted by molar-refractivity contribution is 0.415. The van der Waals surface area contributed by atoms with E-state index in [9.17, 15) is 5.26 Å². The van der Waals surface area contributed by atoms with E-state index in [4.69, 9.17) is 10.5 Å². The highest BCUT2D eigenvalue weighted by molar-refractivity contribution is 5.82. The maximum absolute atomic E-state index is 9.68. The Kier molecular flexibility index (Phi) is 4.96. The molecule has 0 amide bonds. The average molecular weight is 377 g/mol. The van der Waals surface area contributed by atoms with E-state index in [-0.39, 0.29) is 5.82 Å². The molecule has 4 nitrogen and oxygen atoms in total. The van der Waals surface area contributed by atoms with Crippen molar-refractivity contribution in [2.24, 2.45) is 0 Å². The molecule has 0 radical (unpaired) electrons. The van der Waals surface area contributed by atoms with Gasteiger partial charge in [-0.15, -0.1) is 0 Å². The molecule has 0 saturated carbocycles. The monoisotopic (exact) mass is 377 g/mol. The number of nitrogen functional groups attached to an aromatic ring is 1. The van der Waals surface area contributed by atoms with Crippen LogP contribution in [0.3, 0.4) is 0 Å². The number of nitriles is 1. The van der Waals surface area contributed by atoms with Crippen LogP contribution in [0.15, 0.2) is 84.9 Å². The minimum atomic E-state index is 0.235. The molecule has 0 bridgehead atoms. The number of benzene rings is 3. The molecule has 140 valence electrons. The number of hydrogen-bond acceptors (Lipinski definition) is 4. The van der Waals surface area contributed by atoms with Crippen LogP contribution < -0.4 is 10.5 Å². The van der Waals surface area contributed by atoms with Gasteiger partial charge in [0, 0.05) is 11.1 Å². The molecular formula is C25H19N3O. The predicted octanol–water partition coefficient (Wildman–Crippen LogP) is 5.55. The summed E-state index contributed by atoms with van der Waals surface area (Å²) in [6.07, 6.45) is 0. The second-order valence-corrected chi connectivity index (χ2v) is 6.60. The molecule has 1 heterocycles. The van der Waals surface area contributed by atoms with Crippen LogP contribution in [0.25, 0.3) is 33.5 Å². The predicted molar refractivity (Wildman–Crippen MR) is 116 cm³/mol. The average Bonchev–Trinajstić information content (AvgIpc) is 2.79. The Balaban J connectivity index is 1.84. The van der Waals surface area contributed by atoms with Gasteiger partial charge in [0.25, 0.3) is 0 Å². The van der Waals surface area contributed by atoms with E-state index in [0.717, 1.165) is 39.3 Å². The largest absolute Gasteiger partial charge is 0.497 e. The molecule has 0 aliphatic heterocycles. The first-order valence-corrected chi connectivity index (χ1v) is 9.20. The minimum Gasteiger partial charge on any atom is -0.497 e. The quantitative estimate of drug-likeness (QED) is 0.506. The zero-order valence-electron chi connectivity index (χ0n) is 16.0. The van der Waals surface area contributed by atoms with Crippen LogP contribution in [-0.2, 0) is 0 Å². The maximum Gasteiger partial charge on any atom is 0.142 e. The van der Waals surface area contributed by atoms with Crippen molar-refractivity contribution >= 4 is 5.82 Å². The summed E-state index contributed by atoms with van der Waals surface area (Å²) in [5.74, 6) is 1.05. The smallest absolute Gasteiger partial charge is 0.142 e. The minimum absolute atomic E-state index is 0.235. The van der Waals surface area contributed by atoms with Crippen molar-refractivity contribution in [1.82, 2.24) is 4.98 Å². The number of hydrogen-bond donors (Lipinski definition) is 1. The maximum atomic E-state index is 9.68. The van der Waals surface area contributed by atoms with Gasteiger partial charge in [0.2, 0.25) is 0 Å². The SMILES string of the molecule is COc1ccc(-c2cccc(-c3cc(-c4ccccc4)nc(N)c3C#N)c2)cc1. The lowest BCUT2D eigenvalue weighted by Crippen LogP contribution is -1.99. The number of rotatable bonds is 4. The van der Waals surface area contributed by atoms with Crippen LogP contribution in [0.5, 0.6) is 5.75 Å². The molecule has 29 heavy (non-hydrogen) atoms. The molecule has 0 unspecified atom stereocenters. The first kappa shape index (κ1) is 18.3. The molecule has 1 aromatic heterocycles. The molecular weight excluding hydrogens is 358 g/mol. The number of nitrogens with zero attached hydrogens (tertiary/aromatic N) is 2. The molecule has 0 aliphatic carbocycles. The summed E-state index contributed by atoms with van der Waals surface area (Å²) >= 11 is 0. The highest BCUT2D eigenvalue weighted by atomic mass is 16.5. The number of nitrogens with two attached hydrogens (primary N) is 1. The van der Waals surface area contributed by atoms with E-state index in [0.29, 0.717) is 5.56 Å². The second-order valence-electron chi connectivity index (χ2n) is 6.60. The summed E-state index contributed by atoms with van der Waals surface area (Å²) in [6, 6.07) is 29.9. The highest BCUT2D eigenvalue weighted by Gasteiger charge is 2.14. The van der Waals surface area contributed by atoms with Crippen molar-refractivity contribution in [2.75, 3.05) is 12.8 Å². The van der Waals surface area contributed by atoms with E-state index in [1.54, 1.807) is 7.11 Å². The standard InChI is InChI=1S/C25H19N3O/c1-29-21-12-10-17(11-13-21)19-8-5-9-20(14-19)22-15-24(18-6-3-2-4-7-18)28-25(27)23(22)16-26/h2-15H,1H3,(H2,27,28). The van der Waals surface area contributed by atoms with E-state index >= 15 is 0 Å². The van der Waals surface area contributed by atoms with Crippen molar-refractivity contribution in [3.05, 3.63) is 90.5 Å². The summed E-state index contributed by atoms with van der Waals surface area (Å²) in [5, 5.41) is 9.68. The zero-order chi connectivity index (χ0) is 20.2. The van der Waals surface area contributed by atoms with E-state index in [2.05, 4.69) is 17.1 Å². The number of methoxy groups -OCH3 is 1. The molecule has 0 fully saturated rings. The molecule has 4 aromatic rings. The third kappa shape index (κ3) is 3.67. The fourth-order valence-electron chi connectivity index (χ4n) is 3.32. The Morgan fingerprint density at radius 1 is 0.793 bits per heavy atom. The molecule has 0 aliphatic rings. The first-order valence-electron chi connectivity index (χ1n) is 9.20. The van der Waals surface area contributed by atoms with Crippen molar-refractivity contribution in [3.8, 4) is 45.3 Å². The van der Waals surface area contributed by atoms with Crippen molar-refractivity contribution in [3.63, 3.8) is 0 Å². The third-order valence-corrected chi connectivity index (χ3v) is 4.83. The Morgan fingerprint density at radius 3 is 2.17 bits per heavy atom. The number of aromatic nitrogens is 1. The summed E-state index contributed by atoms with van der Waals surface area (Å²) in [5.41, 5.74) is 12.0. The van der Waals surface area contributed by atoms with E-state index in [1.165, 1.54) is 0 Å². The molecule has 0 spiro atoms. The van der Waals surface area contributed by atoms with Crippen LogP contribution in [-0.4, -0.2) is 12.1 Å². The molecule has 2 N–H and O–H groups in total. The Hall–Kier alpha value is -4.10. The van der Waals surface area contributed by atoms with Crippen molar-refractivity contribution in [2.45, 2.75) is 0 Å². The van der Waals surface area contributed by atoms with E-state index in [1.807, 2.05) is 78.9 Å². The Labute approximate surface area is 169 Å². The second kappa shape index (κ2) is 7.87. The third-order valence-electron chi connectivity index (χ3n) is 4.83. The fraction of sp³-hybridized carbons (Fsp3) is 0.0400. The lowest BCUT2D eigenvalue weighted by atomic mass is 9.95.